The van der Waals surface area contributed by atoms with E-state index in [-0.39, 0.29) is 23.4 Å². The second-order valence-corrected chi connectivity index (χ2v) is 4.65. The molecule has 1 rings (SSSR count). The van der Waals surface area contributed by atoms with Gasteiger partial charge >= 0.3 is 5.97 Å². The average Bonchev–Trinajstić information content (AvgIpc) is 1.99. The van der Waals surface area contributed by atoms with E-state index in [1.807, 2.05) is 20.8 Å². The maximum Gasteiger partial charge on any atom is 0.307 e. The Morgan fingerprint density at radius 2 is 1.92 bits per heavy atom. The Balaban J connectivity index is 2.85. The smallest absolute Gasteiger partial charge is 0.307 e. The molecule has 3 atom stereocenters. The molecule has 1 fully saturated rings. The van der Waals surface area contributed by atoms with Gasteiger partial charge in [0.2, 0.25) is 0 Å². The minimum Gasteiger partial charge on any atom is -0.481 e. The molecule has 0 saturated heterocycles. The van der Waals surface area contributed by atoms with E-state index in [1.54, 1.807) is 0 Å². The number of hydrogen-bond donors (Lipinski definition) is 2. The monoisotopic (exact) mass is 186 g/mol. The van der Waals surface area contributed by atoms with Crippen LogP contribution in [-0.2, 0) is 4.79 Å². The lowest BCUT2D eigenvalue weighted by atomic mass is 9.62. The number of carboxylic acid groups (broad SMARTS) is 1. The number of aliphatic hydroxyl groups is 1. The average molecular weight is 186 g/mol. The van der Waals surface area contributed by atoms with Gasteiger partial charge in [-0.2, -0.15) is 0 Å². The first-order chi connectivity index (χ1) is 5.87. The number of aliphatic carboxylic acids is 1. The number of rotatable bonds is 1. The summed E-state index contributed by atoms with van der Waals surface area (Å²) in [5, 5.41) is 18.6. The minimum atomic E-state index is -0.733. The van der Waals surface area contributed by atoms with Crippen molar-refractivity contribution in [2.24, 2.45) is 17.3 Å². The van der Waals surface area contributed by atoms with Crippen molar-refractivity contribution >= 4 is 5.97 Å². The van der Waals surface area contributed by atoms with E-state index in [0.717, 1.165) is 0 Å². The van der Waals surface area contributed by atoms with E-state index < -0.39 is 5.97 Å². The Kier molecular flexibility index (Phi) is 2.66. The quantitative estimate of drug-likeness (QED) is 0.652. The predicted octanol–water partition coefficient (Wildman–Crippen LogP) is 1.50. The molecular weight excluding hydrogens is 168 g/mol. The molecule has 13 heavy (non-hydrogen) atoms. The van der Waals surface area contributed by atoms with E-state index in [2.05, 4.69) is 0 Å². The highest BCUT2D eigenvalue weighted by atomic mass is 16.4. The first kappa shape index (κ1) is 10.5. The first-order valence-corrected chi connectivity index (χ1v) is 4.78. The van der Waals surface area contributed by atoms with Gasteiger partial charge < -0.3 is 10.2 Å². The molecule has 0 unspecified atom stereocenters. The van der Waals surface area contributed by atoms with Gasteiger partial charge in [-0.15, -0.1) is 0 Å². The third-order valence-electron chi connectivity index (χ3n) is 3.70. The van der Waals surface area contributed by atoms with Crippen LogP contribution in [0, 0.1) is 17.3 Å². The molecule has 1 saturated carbocycles. The van der Waals surface area contributed by atoms with Crippen molar-refractivity contribution in [1.82, 2.24) is 0 Å². The van der Waals surface area contributed by atoms with Gasteiger partial charge in [0, 0.05) is 0 Å². The van der Waals surface area contributed by atoms with Gasteiger partial charge in [-0.3, -0.25) is 4.79 Å². The molecule has 0 aromatic heterocycles. The van der Waals surface area contributed by atoms with Gasteiger partial charge in [-0.05, 0) is 24.2 Å². The zero-order chi connectivity index (χ0) is 10.2. The standard InChI is InChI=1S/C10H18O3/c1-6-8(11)5-4-7(9(12)13)10(6,2)3/h6-8,11H,4-5H2,1-3H3,(H,12,13)/t6-,7-,8+/m1/s1. The van der Waals surface area contributed by atoms with Crippen LogP contribution >= 0.6 is 0 Å². The summed E-state index contributed by atoms with van der Waals surface area (Å²) >= 11 is 0. The number of carbonyl (C=O) groups is 1. The summed E-state index contributed by atoms with van der Waals surface area (Å²) in [6.07, 6.45) is 0.862. The molecule has 2 N–H and O–H groups in total. The van der Waals surface area contributed by atoms with Crippen LogP contribution in [0.5, 0.6) is 0 Å². The molecule has 1 aliphatic carbocycles. The number of carboxylic acids is 1. The lowest BCUT2D eigenvalue weighted by Crippen LogP contribution is -2.45. The fourth-order valence-corrected chi connectivity index (χ4v) is 2.21. The molecular formula is C10H18O3. The van der Waals surface area contributed by atoms with Crippen molar-refractivity contribution in [2.45, 2.75) is 39.7 Å². The van der Waals surface area contributed by atoms with Crippen molar-refractivity contribution in [1.29, 1.82) is 0 Å². The van der Waals surface area contributed by atoms with Crippen molar-refractivity contribution in [3.63, 3.8) is 0 Å². The van der Waals surface area contributed by atoms with Gasteiger partial charge in [-0.1, -0.05) is 20.8 Å². The Bertz CT molecular complexity index is 210. The van der Waals surface area contributed by atoms with E-state index in [1.165, 1.54) is 0 Å². The second kappa shape index (κ2) is 3.29. The minimum absolute atomic E-state index is 0.0577. The van der Waals surface area contributed by atoms with Gasteiger partial charge in [0.15, 0.2) is 0 Å². The van der Waals surface area contributed by atoms with Crippen molar-refractivity contribution < 1.29 is 15.0 Å². The van der Waals surface area contributed by atoms with Crippen LogP contribution in [0.4, 0.5) is 0 Å². The third-order valence-corrected chi connectivity index (χ3v) is 3.70. The maximum atomic E-state index is 10.9. The summed E-state index contributed by atoms with van der Waals surface area (Å²) in [5.74, 6) is -0.989. The molecule has 1 aliphatic rings. The fraction of sp³-hybridized carbons (Fsp3) is 0.900. The fourth-order valence-electron chi connectivity index (χ4n) is 2.21. The molecule has 0 amide bonds. The van der Waals surface area contributed by atoms with Crippen LogP contribution in [0.2, 0.25) is 0 Å². The maximum absolute atomic E-state index is 10.9. The van der Waals surface area contributed by atoms with E-state index in [4.69, 9.17) is 5.11 Å². The highest BCUT2D eigenvalue weighted by Gasteiger charge is 2.45. The normalized spacial score (nSPS) is 38.6. The largest absolute Gasteiger partial charge is 0.481 e. The molecule has 3 heteroatoms. The summed E-state index contributed by atoms with van der Waals surface area (Å²) in [4.78, 5) is 10.9. The van der Waals surface area contributed by atoms with Crippen LogP contribution in [0.25, 0.3) is 0 Å². The van der Waals surface area contributed by atoms with Crippen molar-refractivity contribution in [3.05, 3.63) is 0 Å². The van der Waals surface area contributed by atoms with E-state index in [0.29, 0.717) is 12.8 Å². The molecule has 0 radical (unpaired) electrons. The van der Waals surface area contributed by atoms with Crippen molar-refractivity contribution in [3.8, 4) is 0 Å². The molecule has 0 aliphatic heterocycles. The summed E-state index contributed by atoms with van der Waals surface area (Å²) in [6, 6.07) is 0. The second-order valence-electron chi connectivity index (χ2n) is 4.65. The summed E-state index contributed by atoms with van der Waals surface area (Å²) in [5.41, 5.74) is -0.302. The van der Waals surface area contributed by atoms with Crippen molar-refractivity contribution in [2.75, 3.05) is 0 Å². The van der Waals surface area contributed by atoms with Gasteiger partial charge in [0.1, 0.15) is 0 Å². The summed E-state index contributed by atoms with van der Waals surface area (Å²) in [6.45, 7) is 5.79. The third kappa shape index (κ3) is 1.70. The SMILES string of the molecule is C[C@@H]1[C@@H](O)CC[C@H](C(=O)O)C1(C)C. The van der Waals surface area contributed by atoms with Gasteiger partial charge in [-0.25, -0.2) is 0 Å². The van der Waals surface area contributed by atoms with E-state index >= 15 is 0 Å². The summed E-state index contributed by atoms with van der Waals surface area (Å²) in [7, 11) is 0. The summed E-state index contributed by atoms with van der Waals surface area (Å²) < 4.78 is 0. The highest BCUT2D eigenvalue weighted by Crippen LogP contribution is 2.44. The van der Waals surface area contributed by atoms with Crippen LogP contribution in [-0.4, -0.2) is 22.3 Å². The Hall–Kier alpha value is -0.570. The zero-order valence-corrected chi connectivity index (χ0v) is 8.45. The number of aliphatic hydroxyl groups excluding tert-OH is 1. The Labute approximate surface area is 78.8 Å². The van der Waals surface area contributed by atoms with Crippen LogP contribution in [0.1, 0.15) is 33.6 Å². The molecule has 0 spiro atoms. The van der Waals surface area contributed by atoms with Gasteiger partial charge in [0.25, 0.3) is 0 Å². The van der Waals surface area contributed by atoms with Crippen LogP contribution in [0.15, 0.2) is 0 Å². The predicted molar refractivity (Wildman–Crippen MR) is 49.3 cm³/mol. The van der Waals surface area contributed by atoms with Crippen LogP contribution < -0.4 is 0 Å². The van der Waals surface area contributed by atoms with E-state index in [9.17, 15) is 9.90 Å². The lowest BCUT2D eigenvalue weighted by molar-refractivity contribution is -0.153. The highest BCUT2D eigenvalue weighted by molar-refractivity contribution is 5.71. The first-order valence-electron chi connectivity index (χ1n) is 4.78. The lowest BCUT2D eigenvalue weighted by Gasteiger charge is -2.44. The van der Waals surface area contributed by atoms with Crippen LogP contribution in [0.3, 0.4) is 0 Å². The Morgan fingerprint density at radius 1 is 1.38 bits per heavy atom. The molecule has 0 heterocycles. The molecule has 76 valence electrons. The Morgan fingerprint density at radius 3 is 2.38 bits per heavy atom. The number of hydrogen-bond acceptors (Lipinski definition) is 2. The molecule has 0 aromatic rings. The molecule has 0 bridgehead atoms. The molecule has 3 nitrogen and oxygen atoms in total. The van der Waals surface area contributed by atoms with Gasteiger partial charge in [0.05, 0.1) is 12.0 Å². The zero-order valence-electron chi connectivity index (χ0n) is 8.45. The topological polar surface area (TPSA) is 57.5 Å². The molecule has 0 aromatic carbocycles.